The molecule has 0 unspecified atom stereocenters. The Bertz CT molecular complexity index is 2230. The Kier molecular flexibility index (Phi) is 6.73. The van der Waals surface area contributed by atoms with Gasteiger partial charge in [-0.25, -0.2) is 4.98 Å². The third-order valence-electron chi connectivity index (χ3n) is 9.60. The Labute approximate surface area is 286 Å². The molecule has 48 heavy (non-hydrogen) atoms. The molecule has 0 saturated carbocycles. The number of rotatable bonds is 4. The number of para-hydroxylation sites is 4. The van der Waals surface area contributed by atoms with E-state index in [-0.39, 0.29) is 5.41 Å². The first-order valence-electron chi connectivity index (χ1n) is 16.4. The largest absolute Gasteiger partial charge is 0.310 e. The maximum Gasteiger partial charge on any atom is 0.0711 e. The summed E-state index contributed by atoms with van der Waals surface area (Å²) in [5.74, 6) is 0. The van der Waals surface area contributed by atoms with Gasteiger partial charge in [0.05, 0.1) is 34.1 Å². The van der Waals surface area contributed by atoms with Crippen LogP contribution in [0.15, 0.2) is 174 Å². The maximum atomic E-state index is 5.24. The maximum absolute atomic E-state index is 5.24. The molecule has 0 N–H and O–H groups in total. The molecule has 2 aliphatic heterocycles. The van der Waals surface area contributed by atoms with Crippen LogP contribution in [-0.2, 0) is 5.41 Å². The van der Waals surface area contributed by atoms with Crippen molar-refractivity contribution in [2.45, 2.75) is 29.1 Å². The first-order chi connectivity index (χ1) is 23.6. The van der Waals surface area contributed by atoms with E-state index in [0.29, 0.717) is 0 Å². The van der Waals surface area contributed by atoms with E-state index in [9.17, 15) is 0 Å². The number of hydrogen-bond acceptors (Lipinski definition) is 4. The zero-order valence-corrected chi connectivity index (χ0v) is 27.7. The summed E-state index contributed by atoms with van der Waals surface area (Å²) in [6.45, 7) is 4.67. The third-order valence-corrected chi connectivity index (χ3v) is 10.7. The van der Waals surface area contributed by atoms with Crippen molar-refractivity contribution in [3.05, 3.63) is 175 Å². The average molecular weight is 636 g/mol. The second-order valence-corrected chi connectivity index (χ2v) is 14.0. The molecule has 9 rings (SSSR count). The fraction of sp³-hybridized carbons (Fsp3) is 0.0682. The monoisotopic (exact) mass is 635 g/mol. The van der Waals surface area contributed by atoms with Crippen LogP contribution in [0.4, 0.5) is 34.1 Å². The topological polar surface area (TPSA) is 19.4 Å². The molecular formula is C44H33N3S. The van der Waals surface area contributed by atoms with E-state index < -0.39 is 0 Å². The van der Waals surface area contributed by atoms with Gasteiger partial charge in [-0.15, -0.1) is 0 Å². The molecule has 0 saturated heterocycles. The van der Waals surface area contributed by atoms with Crippen molar-refractivity contribution >= 4 is 45.9 Å². The molecule has 0 fully saturated rings. The van der Waals surface area contributed by atoms with Crippen molar-refractivity contribution in [1.29, 1.82) is 0 Å². The van der Waals surface area contributed by atoms with Gasteiger partial charge in [0.1, 0.15) is 0 Å². The number of aromatic nitrogens is 1. The normalized spacial score (nSPS) is 14.0. The van der Waals surface area contributed by atoms with E-state index in [1.165, 1.54) is 43.7 Å². The predicted octanol–water partition coefficient (Wildman–Crippen LogP) is 12.5. The number of anilines is 6. The Balaban J connectivity index is 1.32. The van der Waals surface area contributed by atoms with Crippen LogP contribution in [-0.4, -0.2) is 4.98 Å². The van der Waals surface area contributed by atoms with Gasteiger partial charge in [0, 0.05) is 37.7 Å². The molecule has 0 atom stereocenters. The summed E-state index contributed by atoms with van der Waals surface area (Å²) in [6, 6.07) is 58.8. The lowest BCUT2D eigenvalue weighted by Gasteiger charge is -2.42. The molecule has 0 aliphatic carbocycles. The summed E-state index contributed by atoms with van der Waals surface area (Å²) in [5, 5.41) is 0. The van der Waals surface area contributed by atoms with E-state index >= 15 is 0 Å². The second kappa shape index (κ2) is 11.3. The van der Waals surface area contributed by atoms with Crippen molar-refractivity contribution in [2.75, 3.05) is 9.80 Å². The molecule has 0 amide bonds. The van der Waals surface area contributed by atoms with Crippen molar-refractivity contribution in [3.63, 3.8) is 0 Å². The number of pyridine rings is 1. The molecule has 230 valence electrons. The first-order valence-corrected chi connectivity index (χ1v) is 17.2. The van der Waals surface area contributed by atoms with E-state index in [4.69, 9.17) is 4.98 Å². The van der Waals surface area contributed by atoms with Gasteiger partial charge in [-0.05, 0) is 77.9 Å². The second-order valence-electron chi connectivity index (χ2n) is 12.9. The SMILES string of the molecule is CC1(C)c2ccccc2N(c2cc(-c3cccc(-c4ccccc4)n3)cc(N3c4ccccc4Sc4ccccc43)c2)c2ccccc21. The highest BCUT2D eigenvalue weighted by molar-refractivity contribution is 7.99. The number of benzene rings is 6. The van der Waals surface area contributed by atoms with E-state index in [1.807, 2.05) is 17.8 Å². The molecule has 0 bridgehead atoms. The van der Waals surface area contributed by atoms with Crippen LogP contribution < -0.4 is 9.80 Å². The zero-order chi connectivity index (χ0) is 32.2. The molecule has 1 aromatic heterocycles. The van der Waals surface area contributed by atoms with Gasteiger partial charge < -0.3 is 9.80 Å². The highest BCUT2D eigenvalue weighted by Gasteiger charge is 2.37. The standard InChI is InChI=1S/C44H33N3S/c1-44(2)34-17-6-8-21-38(34)46(39-22-9-7-18-35(39)44)32-27-31(37-20-14-19-36(45-37)30-15-4-3-5-16-30)28-33(29-32)47-40-23-10-12-25-42(40)48-43-26-13-11-24-41(43)47/h3-29H,1-2H3. The molecule has 4 heteroatoms. The summed E-state index contributed by atoms with van der Waals surface area (Å²) in [6.07, 6.45) is 0. The van der Waals surface area contributed by atoms with Gasteiger partial charge in [-0.1, -0.05) is 123 Å². The van der Waals surface area contributed by atoms with Crippen molar-refractivity contribution in [2.24, 2.45) is 0 Å². The van der Waals surface area contributed by atoms with Crippen molar-refractivity contribution < 1.29 is 0 Å². The first kappa shape index (κ1) is 28.6. The molecule has 7 aromatic rings. The summed E-state index contributed by atoms with van der Waals surface area (Å²) >= 11 is 1.83. The van der Waals surface area contributed by atoms with E-state index in [0.717, 1.165) is 33.9 Å². The molecular weight excluding hydrogens is 603 g/mol. The van der Waals surface area contributed by atoms with Crippen LogP contribution in [0.1, 0.15) is 25.0 Å². The van der Waals surface area contributed by atoms with Crippen LogP contribution >= 0.6 is 11.8 Å². The number of nitrogens with zero attached hydrogens (tertiary/aromatic N) is 3. The lowest BCUT2D eigenvalue weighted by atomic mass is 9.73. The molecule has 3 heterocycles. The quantitative estimate of drug-likeness (QED) is 0.192. The van der Waals surface area contributed by atoms with Crippen LogP contribution in [0.25, 0.3) is 22.5 Å². The summed E-state index contributed by atoms with van der Waals surface area (Å²) in [4.78, 5) is 12.6. The minimum absolute atomic E-state index is 0.141. The zero-order valence-electron chi connectivity index (χ0n) is 26.8. The molecule has 0 spiro atoms. The van der Waals surface area contributed by atoms with Gasteiger partial charge in [0.15, 0.2) is 0 Å². The van der Waals surface area contributed by atoms with Gasteiger partial charge in [0.2, 0.25) is 0 Å². The van der Waals surface area contributed by atoms with Crippen LogP contribution in [0.3, 0.4) is 0 Å². The average Bonchev–Trinajstić information content (AvgIpc) is 3.14. The minimum Gasteiger partial charge on any atom is -0.310 e. The van der Waals surface area contributed by atoms with Gasteiger partial charge >= 0.3 is 0 Å². The van der Waals surface area contributed by atoms with Crippen LogP contribution in [0.2, 0.25) is 0 Å². The number of hydrogen-bond donors (Lipinski definition) is 0. The molecule has 0 radical (unpaired) electrons. The lowest BCUT2D eigenvalue weighted by Crippen LogP contribution is -2.30. The van der Waals surface area contributed by atoms with E-state index in [2.05, 4.69) is 181 Å². The smallest absolute Gasteiger partial charge is 0.0711 e. The van der Waals surface area contributed by atoms with Crippen molar-refractivity contribution in [3.8, 4) is 22.5 Å². The Morgan fingerprint density at radius 1 is 0.438 bits per heavy atom. The summed E-state index contributed by atoms with van der Waals surface area (Å²) in [5.41, 5.74) is 13.5. The fourth-order valence-corrected chi connectivity index (χ4v) is 8.35. The number of fused-ring (bicyclic) bond motifs is 4. The lowest BCUT2D eigenvalue weighted by molar-refractivity contribution is 0.632. The van der Waals surface area contributed by atoms with Crippen LogP contribution in [0.5, 0.6) is 0 Å². The van der Waals surface area contributed by atoms with E-state index in [1.54, 1.807) is 0 Å². The molecule has 3 nitrogen and oxygen atoms in total. The van der Waals surface area contributed by atoms with Crippen LogP contribution in [0, 0.1) is 0 Å². The molecule has 2 aliphatic rings. The Morgan fingerprint density at radius 2 is 0.896 bits per heavy atom. The fourth-order valence-electron chi connectivity index (χ4n) is 7.30. The third kappa shape index (κ3) is 4.63. The summed E-state index contributed by atoms with van der Waals surface area (Å²) < 4.78 is 0. The van der Waals surface area contributed by atoms with Gasteiger partial charge in [-0.3, -0.25) is 0 Å². The van der Waals surface area contributed by atoms with Gasteiger partial charge in [-0.2, -0.15) is 0 Å². The van der Waals surface area contributed by atoms with Gasteiger partial charge in [0.25, 0.3) is 0 Å². The highest BCUT2D eigenvalue weighted by atomic mass is 32.2. The Morgan fingerprint density at radius 3 is 1.48 bits per heavy atom. The Hall–Kier alpha value is -5.58. The predicted molar refractivity (Wildman–Crippen MR) is 201 cm³/mol. The molecule has 6 aromatic carbocycles. The highest BCUT2D eigenvalue weighted by Crippen LogP contribution is 2.55. The summed E-state index contributed by atoms with van der Waals surface area (Å²) in [7, 11) is 0. The van der Waals surface area contributed by atoms with Crippen molar-refractivity contribution in [1.82, 2.24) is 4.98 Å². The minimum atomic E-state index is -0.141.